The van der Waals surface area contributed by atoms with Crippen LogP contribution in [0, 0.1) is 23.0 Å². The van der Waals surface area contributed by atoms with Gasteiger partial charge in [0.15, 0.2) is 5.82 Å². The Balaban J connectivity index is 1.26. The van der Waals surface area contributed by atoms with Crippen LogP contribution >= 0.6 is 0 Å². The van der Waals surface area contributed by atoms with Gasteiger partial charge in [-0.15, -0.1) is 0 Å². The molecule has 3 N–H and O–H groups in total. The fourth-order valence-corrected chi connectivity index (χ4v) is 4.40. The third-order valence-electron chi connectivity index (χ3n) is 6.98. The van der Waals surface area contributed by atoms with Gasteiger partial charge in [0.2, 0.25) is 18.1 Å². The number of H-pyrrole nitrogens is 1. The van der Waals surface area contributed by atoms with Crippen LogP contribution in [-0.2, 0) is 14.3 Å². The molecule has 0 bridgehead atoms. The molecule has 1 amide bonds. The quantitative estimate of drug-likeness (QED) is 0.281. The van der Waals surface area contributed by atoms with Crippen LogP contribution in [0.25, 0.3) is 22.6 Å². The highest BCUT2D eigenvalue weighted by Crippen LogP contribution is 2.36. The number of carbonyl (C=O) groups excluding carboxylic acids is 1. The van der Waals surface area contributed by atoms with Crippen molar-refractivity contribution in [3.63, 3.8) is 0 Å². The van der Waals surface area contributed by atoms with Gasteiger partial charge in [-0.25, -0.2) is 23.7 Å². The molecule has 3 heterocycles. The van der Waals surface area contributed by atoms with E-state index in [0.717, 1.165) is 12.8 Å². The fraction of sp³-hybridized carbons (Fsp3) is 0.310. The van der Waals surface area contributed by atoms with Crippen LogP contribution in [0.3, 0.4) is 0 Å². The summed E-state index contributed by atoms with van der Waals surface area (Å²) in [5, 5.41) is 6.06. The zero-order valence-corrected chi connectivity index (χ0v) is 21.8. The Morgan fingerprint density at radius 1 is 1.00 bits per heavy atom. The molecule has 4 aromatic rings. The number of imidazole rings is 1. The first kappa shape index (κ1) is 26.0. The summed E-state index contributed by atoms with van der Waals surface area (Å²) >= 11 is 0. The van der Waals surface area contributed by atoms with E-state index in [4.69, 9.17) is 14.5 Å². The molecule has 1 saturated carbocycles. The van der Waals surface area contributed by atoms with E-state index in [1.807, 2.05) is 6.92 Å². The molecule has 1 saturated heterocycles. The van der Waals surface area contributed by atoms with E-state index in [1.165, 1.54) is 24.3 Å². The van der Waals surface area contributed by atoms with Crippen molar-refractivity contribution in [1.29, 1.82) is 0 Å². The summed E-state index contributed by atoms with van der Waals surface area (Å²) in [6.07, 6.45) is 3.05. The predicted octanol–water partition coefficient (Wildman–Crippen LogP) is 5.13. The van der Waals surface area contributed by atoms with Crippen molar-refractivity contribution in [2.24, 2.45) is 11.3 Å². The minimum Gasteiger partial charge on any atom is -0.355 e. The summed E-state index contributed by atoms with van der Waals surface area (Å²) in [5.74, 6) is 0.454. The Hall–Kier alpha value is -4.22. The molecule has 0 atom stereocenters. The normalized spacial score (nSPS) is 20.7. The van der Waals surface area contributed by atoms with Crippen molar-refractivity contribution in [3.05, 3.63) is 78.3 Å². The van der Waals surface area contributed by atoms with E-state index in [2.05, 4.69) is 25.6 Å². The fourth-order valence-electron chi connectivity index (χ4n) is 4.40. The first-order valence-corrected chi connectivity index (χ1v) is 13.1. The second-order valence-corrected chi connectivity index (χ2v) is 10.4. The Morgan fingerprint density at radius 3 is 2.35 bits per heavy atom. The van der Waals surface area contributed by atoms with Gasteiger partial charge in [0, 0.05) is 24.0 Å². The number of carbonyl (C=O) groups is 1. The van der Waals surface area contributed by atoms with E-state index >= 15 is 0 Å². The molecule has 206 valence electrons. The molecule has 0 spiro atoms. The lowest BCUT2D eigenvalue weighted by Gasteiger charge is -2.35. The average molecular weight is 547 g/mol. The van der Waals surface area contributed by atoms with Gasteiger partial charge in [-0.1, -0.05) is 0 Å². The molecule has 0 radical (unpaired) electrons. The van der Waals surface area contributed by atoms with Crippen molar-refractivity contribution >= 4 is 17.5 Å². The number of ether oxygens (including phenoxy) is 2. The summed E-state index contributed by atoms with van der Waals surface area (Å²) < 4.78 is 39.0. The molecular weight excluding hydrogens is 518 g/mol. The molecule has 0 unspecified atom stereocenters. The van der Waals surface area contributed by atoms with E-state index in [9.17, 15) is 13.6 Å². The predicted molar refractivity (Wildman–Crippen MR) is 143 cm³/mol. The minimum absolute atomic E-state index is 0.0906. The molecule has 6 rings (SSSR count). The Morgan fingerprint density at radius 2 is 1.68 bits per heavy atom. The molecule has 1 aliphatic heterocycles. The number of amides is 1. The van der Waals surface area contributed by atoms with Crippen molar-refractivity contribution in [3.8, 4) is 22.6 Å². The lowest BCUT2D eigenvalue weighted by Crippen LogP contribution is -2.49. The number of nitrogens with zero attached hydrogens (tertiary/aromatic N) is 3. The SMILES string of the molecule is CC1(C(=O)NCC2CC2)COC(c2nc(-c3ccc(F)cc3)c(-c3ccnc(Nc4ccc(F)cc4)n3)[nH]2)OC1. The average Bonchev–Trinajstić information content (AvgIpc) is 3.70. The zero-order chi connectivity index (χ0) is 27.7. The number of hydrogen-bond donors (Lipinski definition) is 3. The smallest absolute Gasteiger partial charge is 0.230 e. The third kappa shape index (κ3) is 5.70. The largest absolute Gasteiger partial charge is 0.355 e. The van der Waals surface area contributed by atoms with Crippen LogP contribution in [0.4, 0.5) is 20.4 Å². The summed E-state index contributed by atoms with van der Waals surface area (Å²) in [6, 6.07) is 13.5. The zero-order valence-electron chi connectivity index (χ0n) is 21.8. The van der Waals surface area contributed by atoms with Gasteiger partial charge in [0.1, 0.15) is 11.6 Å². The van der Waals surface area contributed by atoms with Crippen LogP contribution in [0.5, 0.6) is 0 Å². The number of nitrogens with one attached hydrogen (secondary N) is 3. The van der Waals surface area contributed by atoms with E-state index in [-0.39, 0.29) is 30.8 Å². The molecule has 11 heteroatoms. The third-order valence-corrected chi connectivity index (χ3v) is 6.98. The minimum atomic E-state index is -0.837. The van der Waals surface area contributed by atoms with Gasteiger partial charge in [0.25, 0.3) is 0 Å². The lowest BCUT2D eigenvalue weighted by atomic mass is 9.91. The van der Waals surface area contributed by atoms with Gasteiger partial charge >= 0.3 is 0 Å². The summed E-state index contributed by atoms with van der Waals surface area (Å²) in [7, 11) is 0. The van der Waals surface area contributed by atoms with Crippen molar-refractivity contribution in [2.45, 2.75) is 26.1 Å². The van der Waals surface area contributed by atoms with Crippen molar-refractivity contribution in [1.82, 2.24) is 25.3 Å². The summed E-state index contributed by atoms with van der Waals surface area (Å²) in [4.78, 5) is 29.7. The van der Waals surface area contributed by atoms with Crippen LogP contribution in [0.2, 0.25) is 0 Å². The topological polar surface area (TPSA) is 114 Å². The maximum Gasteiger partial charge on any atom is 0.230 e. The highest BCUT2D eigenvalue weighted by Gasteiger charge is 2.41. The molecule has 40 heavy (non-hydrogen) atoms. The highest BCUT2D eigenvalue weighted by atomic mass is 19.1. The van der Waals surface area contributed by atoms with Crippen LogP contribution in [0.1, 0.15) is 31.9 Å². The monoisotopic (exact) mass is 546 g/mol. The molecular formula is C29H28F2N6O3. The number of aromatic nitrogens is 4. The second-order valence-electron chi connectivity index (χ2n) is 10.4. The van der Waals surface area contributed by atoms with Gasteiger partial charge in [-0.3, -0.25) is 4.79 Å². The number of benzene rings is 2. The van der Waals surface area contributed by atoms with E-state index in [1.54, 1.807) is 36.5 Å². The van der Waals surface area contributed by atoms with Crippen molar-refractivity contribution < 1.29 is 23.0 Å². The first-order chi connectivity index (χ1) is 19.4. The number of halogens is 2. The molecule has 2 fully saturated rings. The molecule has 2 aliphatic rings. The Kier molecular flexibility index (Phi) is 6.99. The van der Waals surface area contributed by atoms with E-state index < -0.39 is 11.7 Å². The Bertz CT molecular complexity index is 1500. The first-order valence-electron chi connectivity index (χ1n) is 13.1. The number of anilines is 2. The molecule has 9 nitrogen and oxygen atoms in total. The molecule has 1 aliphatic carbocycles. The van der Waals surface area contributed by atoms with E-state index in [0.29, 0.717) is 52.6 Å². The van der Waals surface area contributed by atoms with Gasteiger partial charge < -0.3 is 25.1 Å². The highest BCUT2D eigenvalue weighted by molar-refractivity contribution is 5.82. The summed E-state index contributed by atoms with van der Waals surface area (Å²) in [5.41, 5.74) is 2.05. The second kappa shape index (κ2) is 10.7. The number of hydrogen-bond acceptors (Lipinski definition) is 7. The number of aromatic amines is 1. The lowest BCUT2D eigenvalue weighted by molar-refractivity contribution is -0.231. The standard InChI is InChI=1S/C29H28F2N6O3/c1-29(27(38)33-14-17-2-3-17)15-39-26(40-16-29)25-36-23(18-4-6-19(30)7-5-18)24(37-25)22-12-13-32-28(35-22)34-21-10-8-20(31)9-11-21/h4-13,17,26H,2-3,14-16H2,1H3,(H,33,38)(H,36,37)(H,32,34,35). The van der Waals surface area contributed by atoms with Gasteiger partial charge in [-0.05, 0) is 80.3 Å². The number of rotatable bonds is 8. The maximum absolute atomic E-state index is 13.7. The Labute approximate surface area is 229 Å². The summed E-state index contributed by atoms with van der Waals surface area (Å²) in [6.45, 7) is 2.82. The van der Waals surface area contributed by atoms with Gasteiger partial charge in [-0.2, -0.15) is 0 Å². The van der Waals surface area contributed by atoms with Crippen LogP contribution in [-0.4, -0.2) is 45.6 Å². The van der Waals surface area contributed by atoms with Crippen LogP contribution < -0.4 is 10.6 Å². The molecule has 2 aromatic heterocycles. The van der Waals surface area contributed by atoms with Crippen LogP contribution in [0.15, 0.2) is 60.8 Å². The maximum atomic E-state index is 13.7. The molecule has 2 aromatic carbocycles. The van der Waals surface area contributed by atoms with Crippen molar-refractivity contribution in [2.75, 3.05) is 25.1 Å². The van der Waals surface area contributed by atoms with Gasteiger partial charge in [0.05, 0.1) is 35.7 Å².